The number of fused-ring (bicyclic) bond motifs is 3. The topological polar surface area (TPSA) is 68.8 Å². The minimum absolute atomic E-state index is 0.0142. The highest BCUT2D eigenvalue weighted by atomic mass is 16.5. The zero-order valence-electron chi connectivity index (χ0n) is 18.7. The van der Waals surface area contributed by atoms with Gasteiger partial charge in [0.2, 0.25) is 11.2 Å². The largest absolute Gasteiger partial charge is 0.493 e. The zero-order valence-corrected chi connectivity index (χ0v) is 18.7. The summed E-state index contributed by atoms with van der Waals surface area (Å²) >= 11 is 0. The lowest BCUT2D eigenvalue weighted by atomic mass is 9.95. The van der Waals surface area contributed by atoms with Crippen LogP contribution in [0.2, 0.25) is 0 Å². The molecule has 0 bridgehead atoms. The van der Waals surface area contributed by atoms with Crippen molar-refractivity contribution in [1.82, 2.24) is 5.32 Å². The molecule has 3 rings (SSSR count). The van der Waals surface area contributed by atoms with Gasteiger partial charge in [0, 0.05) is 17.6 Å². The van der Waals surface area contributed by atoms with E-state index in [1.165, 1.54) is 0 Å². The summed E-state index contributed by atoms with van der Waals surface area (Å²) in [6.45, 7) is 4.17. The molecule has 2 atom stereocenters. The fourth-order valence-corrected chi connectivity index (χ4v) is 4.10. The van der Waals surface area contributed by atoms with Crippen molar-refractivity contribution >= 4 is 5.69 Å². The Kier molecular flexibility index (Phi) is 6.87. The highest BCUT2D eigenvalue weighted by Crippen LogP contribution is 2.50. The van der Waals surface area contributed by atoms with Crippen molar-refractivity contribution in [3.8, 4) is 28.4 Å². The zero-order chi connectivity index (χ0) is 21.8. The standard InChI is InChI=1S/C24H32N2O4/c1-7-14(2)26-19-11-9-16-17(13-20(19)27)18(25-3)10-8-15-12-21(28-4)23(29-5)24(30-6)22(15)16/h9,11-14,18,25H,7-8,10H2,1-6H3,(H,26,27)/t14-,18-/m0/s1. The van der Waals surface area contributed by atoms with Gasteiger partial charge in [-0.15, -0.1) is 0 Å². The fourth-order valence-electron chi connectivity index (χ4n) is 4.10. The van der Waals surface area contributed by atoms with Crippen LogP contribution in [0.1, 0.15) is 43.9 Å². The van der Waals surface area contributed by atoms with Gasteiger partial charge in [0.1, 0.15) is 0 Å². The summed E-state index contributed by atoms with van der Waals surface area (Å²) in [5.74, 6) is 1.82. The lowest BCUT2D eigenvalue weighted by molar-refractivity contribution is 0.324. The molecule has 0 unspecified atom stereocenters. The second-order valence-electron chi connectivity index (χ2n) is 7.64. The summed E-state index contributed by atoms with van der Waals surface area (Å²) in [4.78, 5) is 13.0. The number of benzene rings is 1. The van der Waals surface area contributed by atoms with Crippen molar-refractivity contribution in [2.24, 2.45) is 0 Å². The normalized spacial score (nSPS) is 16.0. The van der Waals surface area contributed by atoms with Crippen LogP contribution in [-0.2, 0) is 6.42 Å². The number of ether oxygens (including phenoxy) is 3. The van der Waals surface area contributed by atoms with Crippen LogP contribution in [0.25, 0.3) is 11.1 Å². The molecule has 0 heterocycles. The summed E-state index contributed by atoms with van der Waals surface area (Å²) in [5.41, 5.74) is 4.58. The molecular formula is C24H32N2O4. The lowest BCUT2D eigenvalue weighted by Gasteiger charge is -2.19. The molecule has 0 aliphatic heterocycles. The smallest absolute Gasteiger partial charge is 0.203 e. The Balaban J connectivity index is 2.35. The molecule has 1 aliphatic carbocycles. The van der Waals surface area contributed by atoms with E-state index in [0.29, 0.717) is 22.9 Å². The molecule has 2 aromatic carbocycles. The summed E-state index contributed by atoms with van der Waals surface area (Å²) in [6.07, 6.45) is 2.61. The van der Waals surface area contributed by atoms with Crippen molar-refractivity contribution in [1.29, 1.82) is 0 Å². The van der Waals surface area contributed by atoms with Crippen LogP contribution in [-0.4, -0.2) is 34.4 Å². The molecule has 2 N–H and O–H groups in total. The van der Waals surface area contributed by atoms with Crippen molar-refractivity contribution < 1.29 is 14.2 Å². The van der Waals surface area contributed by atoms with E-state index in [4.69, 9.17) is 14.2 Å². The second kappa shape index (κ2) is 9.39. The first-order valence-corrected chi connectivity index (χ1v) is 10.4. The summed E-state index contributed by atoms with van der Waals surface area (Å²) in [6, 6.07) is 7.93. The van der Waals surface area contributed by atoms with Crippen molar-refractivity contribution in [2.45, 2.75) is 45.2 Å². The summed E-state index contributed by atoms with van der Waals surface area (Å²) in [5, 5.41) is 6.72. The highest BCUT2D eigenvalue weighted by Gasteiger charge is 2.28. The minimum Gasteiger partial charge on any atom is -0.493 e. The molecule has 0 aromatic heterocycles. The number of aryl methyl sites for hydroxylation is 1. The van der Waals surface area contributed by atoms with E-state index in [2.05, 4.69) is 24.5 Å². The molecule has 0 spiro atoms. The van der Waals surface area contributed by atoms with E-state index in [9.17, 15) is 4.79 Å². The predicted molar refractivity (Wildman–Crippen MR) is 121 cm³/mol. The maximum absolute atomic E-state index is 13.0. The quantitative estimate of drug-likeness (QED) is 0.712. The Morgan fingerprint density at radius 1 is 1.10 bits per heavy atom. The van der Waals surface area contributed by atoms with Crippen LogP contribution >= 0.6 is 0 Å². The van der Waals surface area contributed by atoms with Gasteiger partial charge in [-0.2, -0.15) is 0 Å². The molecule has 6 heteroatoms. The first kappa shape index (κ1) is 22.0. The molecule has 0 fully saturated rings. The Labute approximate surface area is 178 Å². The molecule has 0 radical (unpaired) electrons. The van der Waals surface area contributed by atoms with Gasteiger partial charge in [-0.25, -0.2) is 0 Å². The number of rotatable bonds is 7. The molecule has 2 aromatic rings. The molecule has 0 saturated heterocycles. The Bertz CT molecular complexity index is 974. The van der Waals surface area contributed by atoms with Gasteiger partial charge < -0.3 is 24.8 Å². The van der Waals surface area contributed by atoms with Crippen LogP contribution in [0, 0.1) is 0 Å². The van der Waals surface area contributed by atoms with Crippen LogP contribution < -0.4 is 30.3 Å². The monoisotopic (exact) mass is 412 g/mol. The third-order valence-electron chi connectivity index (χ3n) is 5.90. The van der Waals surface area contributed by atoms with Gasteiger partial charge in [-0.05, 0) is 68.1 Å². The predicted octanol–water partition coefficient (Wildman–Crippen LogP) is 4.16. The average Bonchev–Trinajstić information content (AvgIpc) is 3.00. The van der Waals surface area contributed by atoms with E-state index in [-0.39, 0.29) is 17.5 Å². The lowest BCUT2D eigenvalue weighted by Crippen LogP contribution is -2.20. The third-order valence-corrected chi connectivity index (χ3v) is 5.90. The number of methoxy groups -OCH3 is 3. The van der Waals surface area contributed by atoms with Gasteiger partial charge in [0.05, 0.1) is 27.0 Å². The summed E-state index contributed by atoms with van der Waals surface area (Å²) < 4.78 is 17.0. The third kappa shape index (κ3) is 3.97. The first-order valence-electron chi connectivity index (χ1n) is 10.4. The molecular weight excluding hydrogens is 380 g/mol. The first-order chi connectivity index (χ1) is 14.5. The maximum Gasteiger partial charge on any atom is 0.203 e. The van der Waals surface area contributed by atoms with Crippen molar-refractivity contribution in [2.75, 3.05) is 33.7 Å². The van der Waals surface area contributed by atoms with Crippen LogP contribution in [0.15, 0.2) is 29.1 Å². The van der Waals surface area contributed by atoms with E-state index in [0.717, 1.165) is 41.5 Å². The Hall–Kier alpha value is -2.73. The molecule has 162 valence electrons. The van der Waals surface area contributed by atoms with Gasteiger partial charge >= 0.3 is 0 Å². The van der Waals surface area contributed by atoms with Crippen LogP contribution in [0.5, 0.6) is 17.2 Å². The van der Waals surface area contributed by atoms with Crippen LogP contribution in [0.4, 0.5) is 5.69 Å². The molecule has 0 saturated carbocycles. The van der Waals surface area contributed by atoms with E-state index < -0.39 is 0 Å². The van der Waals surface area contributed by atoms with Gasteiger partial charge in [0.25, 0.3) is 0 Å². The number of anilines is 1. The summed E-state index contributed by atoms with van der Waals surface area (Å²) in [7, 11) is 6.80. The number of hydrogen-bond acceptors (Lipinski definition) is 6. The highest BCUT2D eigenvalue weighted by molar-refractivity contribution is 5.83. The molecule has 0 amide bonds. The van der Waals surface area contributed by atoms with Crippen molar-refractivity contribution in [3.63, 3.8) is 0 Å². The van der Waals surface area contributed by atoms with Crippen molar-refractivity contribution in [3.05, 3.63) is 45.6 Å². The second-order valence-corrected chi connectivity index (χ2v) is 7.64. The average molecular weight is 413 g/mol. The number of nitrogens with one attached hydrogen (secondary N) is 2. The minimum atomic E-state index is -0.0142. The maximum atomic E-state index is 13.0. The molecule has 30 heavy (non-hydrogen) atoms. The van der Waals surface area contributed by atoms with E-state index >= 15 is 0 Å². The van der Waals surface area contributed by atoms with Crippen LogP contribution in [0.3, 0.4) is 0 Å². The van der Waals surface area contributed by atoms with E-state index in [1.807, 2.05) is 25.2 Å². The van der Waals surface area contributed by atoms with Gasteiger partial charge in [-0.3, -0.25) is 4.79 Å². The fraction of sp³-hybridized carbons (Fsp3) is 0.458. The molecule has 6 nitrogen and oxygen atoms in total. The van der Waals surface area contributed by atoms with Gasteiger partial charge in [0.15, 0.2) is 11.5 Å². The Morgan fingerprint density at radius 3 is 2.43 bits per heavy atom. The van der Waals surface area contributed by atoms with E-state index in [1.54, 1.807) is 27.4 Å². The van der Waals surface area contributed by atoms with Gasteiger partial charge in [-0.1, -0.05) is 13.0 Å². The Morgan fingerprint density at radius 2 is 1.83 bits per heavy atom. The number of hydrogen-bond donors (Lipinski definition) is 2. The molecule has 1 aliphatic rings. The SMILES string of the molecule is CC[C@H](C)Nc1ccc2c(cc1=O)[C@@H](NC)CCc1cc(OC)c(OC)c(OC)c1-2.